The Morgan fingerprint density at radius 2 is 2.46 bits per heavy atom. The molecule has 1 atom stereocenters. The monoisotopic (exact) mass is 178 g/mol. The van der Waals surface area contributed by atoms with Crippen molar-refractivity contribution in [2.75, 3.05) is 6.54 Å². The Morgan fingerprint density at radius 1 is 1.46 bits per heavy atom. The van der Waals surface area contributed by atoms with Gasteiger partial charge in [-0.05, 0) is 25.3 Å². The van der Waals surface area contributed by atoms with Crippen molar-refractivity contribution in [3.05, 3.63) is 23.5 Å². The summed E-state index contributed by atoms with van der Waals surface area (Å²) in [7, 11) is 0. The van der Waals surface area contributed by atoms with Crippen molar-refractivity contribution < 1.29 is 0 Å². The molecular formula is C9H14N4. The molecule has 0 radical (unpaired) electrons. The van der Waals surface area contributed by atoms with Crippen LogP contribution in [0.1, 0.15) is 19.3 Å². The summed E-state index contributed by atoms with van der Waals surface area (Å²) in [6.07, 6.45) is 8.22. The van der Waals surface area contributed by atoms with Gasteiger partial charge < -0.3 is 5.43 Å². The predicted molar refractivity (Wildman–Crippen MR) is 49.6 cm³/mol. The van der Waals surface area contributed by atoms with Gasteiger partial charge in [-0.3, -0.25) is 0 Å². The quantitative estimate of drug-likeness (QED) is 0.502. The molecule has 13 heavy (non-hydrogen) atoms. The smallest absolute Gasteiger partial charge is 0.0783 e. The van der Waals surface area contributed by atoms with Gasteiger partial charge in [-0.15, -0.1) is 5.53 Å². The summed E-state index contributed by atoms with van der Waals surface area (Å²) in [5, 5.41) is 2.01. The van der Waals surface area contributed by atoms with Gasteiger partial charge in [-0.2, -0.15) is 0 Å². The third-order valence-corrected chi connectivity index (χ3v) is 2.91. The molecule has 2 heterocycles. The molecule has 0 aromatic rings. The highest BCUT2D eigenvalue weighted by Gasteiger charge is 2.33. The molecular weight excluding hydrogens is 164 g/mol. The standard InChI is InChI=1S/C9H14N4/c1-2-4-7-6-10-13-9(7)8(5-3-1)11-12-13/h3,5,7,10-12H,1-2,4,6H2. The van der Waals surface area contributed by atoms with E-state index in [2.05, 4.69) is 28.5 Å². The fraction of sp³-hybridized carbons (Fsp3) is 0.556. The molecule has 1 aliphatic carbocycles. The van der Waals surface area contributed by atoms with Crippen LogP contribution in [0.3, 0.4) is 0 Å². The fourth-order valence-electron chi connectivity index (χ4n) is 2.24. The molecule has 4 nitrogen and oxygen atoms in total. The first-order chi connectivity index (χ1) is 6.45. The molecule has 0 amide bonds. The maximum Gasteiger partial charge on any atom is 0.0783 e. The van der Waals surface area contributed by atoms with Gasteiger partial charge in [-0.1, -0.05) is 6.08 Å². The minimum absolute atomic E-state index is 0.683. The fourth-order valence-corrected chi connectivity index (χ4v) is 2.24. The average molecular weight is 178 g/mol. The number of hydrazine groups is 3. The van der Waals surface area contributed by atoms with E-state index in [-0.39, 0.29) is 0 Å². The molecule has 1 fully saturated rings. The van der Waals surface area contributed by atoms with Gasteiger partial charge in [0.15, 0.2) is 0 Å². The first-order valence-corrected chi connectivity index (χ1v) is 4.91. The maximum atomic E-state index is 3.31. The van der Waals surface area contributed by atoms with E-state index in [1.807, 2.05) is 5.12 Å². The van der Waals surface area contributed by atoms with E-state index in [1.54, 1.807) is 0 Å². The van der Waals surface area contributed by atoms with Gasteiger partial charge in [-0.25, -0.2) is 10.5 Å². The van der Waals surface area contributed by atoms with Gasteiger partial charge in [0.2, 0.25) is 0 Å². The summed E-state index contributed by atoms with van der Waals surface area (Å²) in [5.74, 6) is 0.683. The summed E-state index contributed by atoms with van der Waals surface area (Å²) in [4.78, 5) is 0. The molecule has 1 unspecified atom stereocenters. The van der Waals surface area contributed by atoms with Crippen LogP contribution in [-0.4, -0.2) is 11.7 Å². The normalized spacial score (nSPS) is 31.4. The van der Waals surface area contributed by atoms with Crippen LogP contribution in [0.15, 0.2) is 23.5 Å². The zero-order valence-corrected chi connectivity index (χ0v) is 7.51. The number of allylic oxidation sites excluding steroid dienone is 2. The van der Waals surface area contributed by atoms with Crippen molar-refractivity contribution in [3.63, 3.8) is 0 Å². The highest BCUT2D eigenvalue weighted by molar-refractivity contribution is 5.29. The molecule has 0 saturated carbocycles. The van der Waals surface area contributed by atoms with Crippen LogP contribution in [0, 0.1) is 5.92 Å². The van der Waals surface area contributed by atoms with E-state index in [0.717, 1.165) is 6.54 Å². The van der Waals surface area contributed by atoms with Crippen molar-refractivity contribution in [2.24, 2.45) is 5.92 Å². The van der Waals surface area contributed by atoms with Crippen LogP contribution >= 0.6 is 0 Å². The summed E-state index contributed by atoms with van der Waals surface area (Å²) in [5.41, 5.74) is 12.2. The lowest BCUT2D eigenvalue weighted by atomic mass is 9.96. The van der Waals surface area contributed by atoms with E-state index in [1.165, 1.54) is 30.7 Å². The second-order valence-electron chi connectivity index (χ2n) is 3.76. The highest BCUT2D eigenvalue weighted by Crippen LogP contribution is 2.30. The molecule has 0 spiro atoms. The number of nitrogens with one attached hydrogen (secondary N) is 3. The van der Waals surface area contributed by atoms with Gasteiger partial charge in [0.05, 0.1) is 11.4 Å². The van der Waals surface area contributed by atoms with Crippen LogP contribution in [-0.2, 0) is 0 Å². The first-order valence-electron chi connectivity index (χ1n) is 4.91. The van der Waals surface area contributed by atoms with E-state index in [4.69, 9.17) is 0 Å². The van der Waals surface area contributed by atoms with Gasteiger partial charge in [0.1, 0.15) is 0 Å². The molecule has 1 saturated heterocycles. The van der Waals surface area contributed by atoms with Crippen LogP contribution in [0.2, 0.25) is 0 Å². The molecule has 0 bridgehead atoms. The lowest BCUT2D eigenvalue weighted by Crippen LogP contribution is -2.43. The molecule has 70 valence electrons. The lowest BCUT2D eigenvalue weighted by molar-refractivity contribution is 0.207. The van der Waals surface area contributed by atoms with Crippen molar-refractivity contribution >= 4 is 0 Å². The molecule has 0 aromatic carbocycles. The molecule has 4 heteroatoms. The second kappa shape index (κ2) is 2.75. The van der Waals surface area contributed by atoms with E-state index in [9.17, 15) is 0 Å². The summed E-state index contributed by atoms with van der Waals surface area (Å²) in [6.45, 7) is 1.07. The molecule has 2 aliphatic heterocycles. The predicted octanol–water partition coefficient (Wildman–Crippen LogP) is 0.397. The Morgan fingerprint density at radius 3 is 3.46 bits per heavy atom. The maximum absolute atomic E-state index is 3.31. The minimum atomic E-state index is 0.683. The molecule has 0 aromatic heterocycles. The topological polar surface area (TPSA) is 39.3 Å². The molecule has 3 N–H and O–H groups in total. The zero-order valence-electron chi connectivity index (χ0n) is 7.51. The Labute approximate surface area is 77.6 Å². The second-order valence-corrected chi connectivity index (χ2v) is 3.76. The summed E-state index contributed by atoms with van der Waals surface area (Å²) >= 11 is 0. The van der Waals surface area contributed by atoms with Gasteiger partial charge in [0, 0.05) is 12.5 Å². The zero-order chi connectivity index (χ0) is 8.67. The average Bonchev–Trinajstić information content (AvgIpc) is 2.60. The largest absolute Gasteiger partial charge is 0.301 e. The summed E-state index contributed by atoms with van der Waals surface area (Å²) in [6, 6.07) is 0. The van der Waals surface area contributed by atoms with Crippen molar-refractivity contribution in [2.45, 2.75) is 19.3 Å². The van der Waals surface area contributed by atoms with Crippen LogP contribution in [0.25, 0.3) is 0 Å². The number of rotatable bonds is 0. The van der Waals surface area contributed by atoms with E-state index in [0.29, 0.717) is 5.92 Å². The lowest BCUT2D eigenvalue weighted by Gasteiger charge is -2.13. The van der Waals surface area contributed by atoms with Gasteiger partial charge >= 0.3 is 0 Å². The minimum Gasteiger partial charge on any atom is -0.301 e. The van der Waals surface area contributed by atoms with Crippen molar-refractivity contribution in [3.8, 4) is 0 Å². The molecule has 3 rings (SSSR count). The Balaban J connectivity index is 2.00. The Kier molecular flexibility index (Phi) is 1.57. The highest BCUT2D eigenvalue weighted by atomic mass is 15.9. The van der Waals surface area contributed by atoms with E-state index >= 15 is 0 Å². The number of hydrogen-bond acceptors (Lipinski definition) is 4. The third-order valence-electron chi connectivity index (χ3n) is 2.91. The number of hydrogen-bond donors (Lipinski definition) is 3. The molecule has 3 aliphatic rings. The van der Waals surface area contributed by atoms with Crippen molar-refractivity contribution in [1.29, 1.82) is 0 Å². The number of nitrogens with zero attached hydrogens (tertiary/aromatic N) is 1. The van der Waals surface area contributed by atoms with E-state index < -0.39 is 0 Å². The SMILES string of the molecule is C1=CC2=C3C(CCC1)CNN3NN2. The summed E-state index contributed by atoms with van der Waals surface area (Å²) < 4.78 is 0. The van der Waals surface area contributed by atoms with Crippen LogP contribution in [0.5, 0.6) is 0 Å². The van der Waals surface area contributed by atoms with Gasteiger partial charge in [0.25, 0.3) is 0 Å². The Hall–Kier alpha value is -1.00. The Bertz CT molecular complexity index is 281. The van der Waals surface area contributed by atoms with Crippen molar-refractivity contribution in [1.82, 2.24) is 21.5 Å². The van der Waals surface area contributed by atoms with Crippen LogP contribution < -0.4 is 16.4 Å². The first kappa shape index (κ1) is 7.41. The van der Waals surface area contributed by atoms with Crippen LogP contribution in [0.4, 0.5) is 0 Å². The third kappa shape index (κ3) is 1.06.